The van der Waals surface area contributed by atoms with Crippen molar-refractivity contribution >= 4 is 13.6 Å². The van der Waals surface area contributed by atoms with E-state index in [1.807, 2.05) is 0 Å². The molecule has 0 bridgehead atoms. The Morgan fingerprint density at radius 3 is 1.97 bits per heavy atom. The molecule has 0 amide bonds. The lowest BCUT2D eigenvalue weighted by molar-refractivity contribution is 0.00758. The second-order valence-corrected chi connectivity index (χ2v) is 14.5. The number of hydrogen-bond donors (Lipinski definition) is 0. The minimum absolute atomic E-state index is 0.290. The Hall–Kier alpha value is -2.90. The van der Waals surface area contributed by atoms with Crippen molar-refractivity contribution in [2.24, 2.45) is 0 Å². The molecule has 1 aliphatic carbocycles. The molecule has 2 aromatic carbocycles. The quantitative estimate of drug-likeness (QED) is 0.207. The molecule has 194 valence electrons. The zero-order valence-corrected chi connectivity index (χ0v) is 23.5. The van der Waals surface area contributed by atoms with E-state index in [4.69, 9.17) is 18.9 Å². The molecule has 4 nitrogen and oxygen atoms in total. The normalized spacial score (nSPS) is 14.5. The van der Waals surface area contributed by atoms with E-state index in [0.717, 1.165) is 11.1 Å². The number of allylic oxidation sites excluding steroid dienone is 4. The van der Waals surface area contributed by atoms with Gasteiger partial charge in [0.15, 0.2) is 0 Å². The molecule has 1 atom stereocenters. The average molecular weight is 515 g/mol. The molecule has 0 N–H and O–H groups in total. The van der Waals surface area contributed by atoms with Crippen molar-refractivity contribution in [1.82, 2.24) is 0 Å². The molecule has 2 aromatic rings. The highest BCUT2D eigenvalue weighted by molar-refractivity contribution is 6.83. The molecule has 0 spiro atoms. The summed E-state index contributed by atoms with van der Waals surface area (Å²) in [4.78, 5) is 0. The van der Waals surface area contributed by atoms with Crippen LogP contribution in [-0.4, -0.2) is 61.4 Å². The maximum Gasteiger partial charge on any atom is 0.129 e. The van der Waals surface area contributed by atoms with E-state index >= 15 is 0 Å². The lowest BCUT2D eigenvalue weighted by Crippen LogP contribution is -2.16. The molecule has 1 unspecified atom stereocenters. The van der Waals surface area contributed by atoms with Crippen molar-refractivity contribution in [1.29, 1.82) is 0 Å². The Morgan fingerprint density at radius 2 is 1.32 bits per heavy atom. The van der Waals surface area contributed by atoms with Crippen molar-refractivity contribution in [2.45, 2.75) is 25.6 Å². The van der Waals surface area contributed by atoms with Gasteiger partial charge < -0.3 is 18.9 Å². The van der Waals surface area contributed by atoms with Gasteiger partial charge in [0.25, 0.3) is 0 Å². The summed E-state index contributed by atoms with van der Waals surface area (Å²) in [6, 6.07) is 17.0. The highest BCUT2D eigenvalue weighted by atomic mass is 28.3. The number of rotatable bonds is 12. The van der Waals surface area contributed by atoms with E-state index in [-0.39, 0.29) is 5.92 Å². The summed E-state index contributed by atoms with van der Waals surface area (Å²) in [6.07, 6.45) is 6.76. The lowest BCUT2D eigenvalue weighted by Gasteiger charge is -2.07. The number of hydrogen-bond acceptors (Lipinski definition) is 4. The van der Waals surface area contributed by atoms with Gasteiger partial charge in [-0.05, 0) is 41.0 Å². The van der Waals surface area contributed by atoms with Gasteiger partial charge in [0.2, 0.25) is 0 Å². The Morgan fingerprint density at radius 1 is 0.730 bits per heavy atom. The Balaban J connectivity index is 1.40. The SMILES string of the molecule is COCCOCCOCCOCC#Cc1ccc(C2=CC(c3ccc(C#C[Si](C)(C)C)cc3)C=C2)cc1. The second-order valence-electron chi connectivity index (χ2n) is 9.78. The van der Waals surface area contributed by atoms with Gasteiger partial charge in [-0.25, -0.2) is 0 Å². The molecular formula is C32H38O4Si. The van der Waals surface area contributed by atoms with E-state index in [9.17, 15) is 0 Å². The molecule has 1 aliphatic rings. The third-order valence-electron chi connectivity index (χ3n) is 5.52. The summed E-state index contributed by atoms with van der Waals surface area (Å²) in [6.45, 7) is 10.5. The van der Waals surface area contributed by atoms with E-state index < -0.39 is 8.07 Å². The monoisotopic (exact) mass is 514 g/mol. The van der Waals surface area contributed by atoms with Crippen LogP contribution in [0.15, 0.2) is 66.8 Å². The summed E-state index contributed by atoms with van der Waals surface area (Å²) in [7, 11) is 0.297. The van der Waals surface area contributed by atoms with Crippen molar-refractivity contribution in [3.8, 4) is 23.3 Å². The molecule has 37 heavy (non-hydrogen) atoms. The van der Waals surface area contributed by atoms with Gasteiger partial charge in [0, 0.05) is 24.2 Å². The first kappa shape index (κ1) is 28.7. The van der Waals surface area contributed by atoms with E-state index in [1.165, 1.54) is 16.7 Å². The zero-order valence-electron chi connectivity index (χ0n) is 22.5. The van der Waals surface area contributed by atoms with E-state index in [1.54, 1.807) is 7.11 Å². The van der Waals surface area contributed by atoms with Crippen LogP contribution in [0.4, 0.5) is 0 Å². The number of benzene rings is 2. The maximum absolute atomic E-state index is 5.51. The van der Waals surface area contributed by atoms with Crippen LogP contribution in [0.2, 0.25) is 19.6 Å². The van der Waals surface area contributed by atoms with Gasteiger partial charge in [-0.2, -0.15) is 0 Å². The van der Waals surface area contributed by atoms with Crippen molar-refractivity contribution < 1.29 is 18.9 Å². The third-order valence-corrected chi connectivity index (χ3v) is 6.40. The van der Waals surface area contributed by atoms with Crippen molar-refractivity contribution in [2.75, 3.05) is 53.4 Å². The Kier molecular flexibility index (Phi) is 11.9. The number of ether oxygens (including phenoxy) is 4. The molecule has 0 saturated heterocycles. The highest BCUT2D eigenvalue weighted by Crippen LogP contribution is 2.31. The molecule has 0 heterocycles. The van der Waals surface area contributed by atoms with Gasteiger partial charge in [0.1, 0.15) is 14.7 Å². The molecular weight excluding hydrogens is 476 g/mol. The first-order valence-electron chi connectivity index (χ1n) is 12.8. The highest BCUT2D eigenvalue weighted by Gasteiger charge is 2.13. The maximum atomic E-state index is 5.51. The average Bonchev–Trinajstić information content (AvgIpc) is 3.39. The van der Waals surface area contributed by atoms with E-state index in [2.05, 4.69) is 110 Å². The molecule has 0 saturated carbocycles. The fraction of sp³-hybridized carbons (Fsp3) is 0.375. The molecule has 3 rings (SSSR count). The lowest BCUT2D eigenvalue weighted by atomic mass is 9.98. The van der Waals surface area contributed by atoms with Gasteiger partial charge in [-0.1, -0.05) is 79.9 Å². The Labute approximate surface area is 223 Å². The smallest absolute Gasteiger partial charge is 0.129 e. The summed E-state index contributed by atoms with van der Waals surface area (Å²) in [5.41, 5.74) is 9.21. The number of methoxy groups -OCH3 is 1. The fourth-order valence-corrected chi connectivity index (χ4v) is 4.07. The topological polar surface area (TPSA) is 36.9 Å². The largest absolute Gasteiger partial charge is 0.382 e. The standard InChI is InChI=1S/C32H38O4Si/c1-33-19-20-35-23-24-36-22-21-34-18-5-6-27-7-11-29(12-8-27)31-15-16-32(26-31)30-13-9-28(10-14-30)17-25-37(2,3)4/h7-16,26,32H,18-24H2,1-4H3. The van der Waals surface area contributed by atoms with Crippen LogP contribution in [-0.2, 0) is 18.9 Å². The van der Waals surface area contributed by atoms with Crippen LogP contribution in [0.3, 0.4) is 0 Å². The van der Waals surface area contributed by atoms with Crippen LogP contribution in [0.25, 0.3) is 5.57 Å². The van der Waals surface area contributed by atoms with Crippen molar-refractivity contribution in [3.05, 3.63) is 89.0 Å². The van der Waals surface area contributed by atoms with Gasteiger partial charge >= 0.3 is 0 Å². The van der Waals surface area contributed by atoms with Gasteiger partial charge in [-0.3, -0.25) is 0 Å². The summed E-state index contributed by atoms with van der Waals surface area (Å²) in [5, 5.41) is 0. The molecule has 0 radical (unpaired) electrons. The fourth-order valence-electron chi connectivity index (χ4n) is 3.55. The molecule has 0 fully saturated rings. The van der Waals surface area contributed by atoms with Crippen molar-refractivity contribution in [3.63, 3.8) is 0 Å². The first-order chi connectivity index (χ1) is 17.9. The minimum Gasteiger partial charge on any atom is -0.382 e. The molecule has 5 heteroatoms. The molecule has 0 aromatic heterocycles. The summed E-state index contributed by atoms with van der Waals surface area (Å²) < 4.78 is 21.2. The predicted molar refractivity (Wildman–Crippen MR) is 154 cm³/mol. The molecule has 0 aliphatic heterocycles. The zero-order chi connectivity index (χ0) is 26.3. The van der Waals surface area contributed by atoms with Crippen LogP contribution in [0.5, 0.6) is 0 Å². The van der Waals surface area contributed by atoms with E-state index in [0.29, 0.717) is 46.2 Å². The van der Waals surface area contributed by atoms with Gasteiger partial charge in [-0.15, -0.1) is 5.54 Å². The third kappa shape index (κ3) is 10.9. The summed E-state index contributed by atoms with van der Waals surface area (Å²) in [5.74, 6) is 9.84. The predicted octanol–water partition coefficient (Wildman–Crippen LogP) is 5.70. The van der Waals surface area contributed by atoms with Crippen LogP contribution >= 0.6 is 0 Å². The van der Waals surface area contributed by atoms with Crippen LogP contribution < -0.4 is 0 Å². The van der Waals surface area contributed by atoms with Crippen LogP contribution in [0, 0.1) is 23.3 Å². The van der Waals surface area contributed by atoms with Crippen LogP contribution in [0.1, 0.15) is 28.2 Å². The first-order valence-corrected chi connectivity index (χ1v) is 16.3. The second kappa shape index (κ2) is 15.4. The Bertz CT molecular complexity index is 1150. The summed E-state index contributed by atoms with van der Waals surface area (Å²) >= 11 is 0. The van der Waals surface area contributed by atoms with Gasteiger partial charge in [0.05, 0.1) is 39.6 Å². The minimum atomic E-state index is -1.36.